The summed E-state index contributed by atoms with van der Waals surface area (Å²) in [7, 11) is -1.86. The van der Waals surface area contributed by atoms with Crippen LogP contribution in [0, 0.1) is 0 Å². The van der Waals surface area contributed by atoms with Gasteiger partial charge in [0.2, 0.25) is 0 Å². The summed E-state index contributed by atoms with van der Waals surface area (Å²) in [5, 5.41) is 0. The standard InChI is InChI=1S/C20H36O2Si/c1-16(2)23(17(3)4,18(5)6)22-20-13-9-7-8-11-19(15-21)12-10-14-20/h11,13,15-18H,7-10,12,14H2,1-6H3/b19-11+,20-13+. The van der Waals surface area contributed by atoms with Gasteiger partial charge in [-0.25, -0.2) is 0 Å². The fourth-order valence-electron chi connectivity index (χ4n) is 4.12. The van der Waals surface area contributed by atoms with E-state index in [1.165, 1.54) is 5.76 Å². The monoisotopic (exact) mass is 336 g/mol. The average molecular weight is 337 g/mol. The van der Waals surface area contributed by atoms with Crippen LogP contribution in [0.25, 0.3) is 0 Å². The second-order valence-electron chi connectivity index (χ2n) is 7.77. The van der Waals surface area contributed by atoms with Gasteiger partial charge in [-0.1, -0.05) is 47.6 Å². The minimum absolute atomic E-state index is 0.601. The van der Waals surface area contributed by atoms with E-state index in [1.807, 2.05) is 0 Å². The van der Waals surface area contributed by atoms with Gasteiger partial charge < -0.3 is 4.43 Å². The SMILES string of the molecule is CC(C)[Si](O/C1=C/CCC/C=C(/C=O)CCC1)(C(C)C)C(C)C. The molecule has 132 valence electrons. The van der Waals surface area contributed by atoms with Crippen LogP contribution in [0.1, 0.15) is 80.1 Å². The number of carbonyl (C=O) groups is 1. The molecule has 1 aliphatic rings. The first-order valence-corrected chi connectivity index (χ1v) is 11.5. The van der Waals surface area contributed by atoms with E-state index in [2.05, 4.69) is 53.7 Å². The van der Waals surface area contributed by atoms with Crippen LogP contribution in [-0.2, 0) is 9.22 Å². The Labute approximate surface area is 144 Å². The molecule has 23 heavy (non-hydrogen) atoms. The van der Waals surface area contributed by atoms with Crippen molar-refractivity contribution >= 4 is 14.6 Å². The molecule has 2 nitrogen and oxygen atoms in total. The summed E-state index contributed by atoms with van der Waals surface area (Å²) < 4.78 is 6.86. The lowest BCUT2D eigenvalue weighted by atomic mass is 10.0. The molecule has 0 spiro atoms. The topological polar surface area (TPSA) is 26.3 Å². The minimum atomic E-state index is -1.86. The Kier molecular flexibility index (Phi) is 8.31. The van der Waals surface area contributed by atoms with Crippen molar-refractivity contribution in [3.8, 4) is 0 Å². The Morgan fingerprint density at radius 3 is 2.00 bits per heavy atom. The molecule has 0 aliphatic heterocycles. The summed E-state index contributed by atoms with van der Waals surface area (Å²) in [5.41, 5.74) is 2.77. The molecule has 0 saturated carbocycles. The molecule has 0 aromatic carbocycles. The largest absolute Gasteiger partial charge is 0.546 e. The van der Waals surface area contributed by atoms with Gasteiger partial charge in [-0.2, -0.15) is 0 Å². The third-order valence-corrected chi connectivity index (χ3v) is 11.3. The Balaban J connectivity index is 2.93. The smallest absolute Gasteiger partial charge is 0.258 e. The van der Waals surface area contributed by atoms with Gasteiger partial charge in [0.05, 0.1) is 5.76 Å². The Bertz CT molecular complexity index is 411. The van der Waals surface area contributed by atoms with Gasteiger partial charge in [-0.15, -0.1) is 0 Å². The fraction of sp³-hybridized carbons (Fsp3) is 0.750. The Hall–Kier alpha value is -0.833. The summed E-state index contributed by atoms with van der Waals surface area (Å²) in [5.74, 6) is 1.19. The summed E-state index contributed by atoms with van der Waals surface area (Å²) in [6, 6.07) is 0. The third-order valence-electron chi connectivity index (χ3n) is 5.24. The Morgan fingerprint density at radius 1 is 0.913 bits per heavy atom. The van der Waals surface area contributed by atoms with Crippen LogP contribution in [0.3, 0.4) is 0 Å². The van der Waals surface area contributed by atoms with Crippen molar-refractivity contribution in [2.24, 2.45) is 0 Å². The van der Waals surface area contributed by atoms with Crippen molar-refractivity contribution in [1.29, 1.82) is 0 Å². The van der Waals surface area contributed by atoms with Crippen LogP contribution in [0.4, 0.5) is 0 Å². The van der Waals surface area contributed by atoms with Gasteiger partial charge >= 0.3 is 0 Å². The first-order chi connectivity index (χ1) is 10.8. The van der Waals surface area contributed by atoms with E-state index >= 15 is 0 Å². The van der Waals surface area contributed by atoms with Crippen LogP contribution >= 0.6 is 0 Å². The summed E-state index contributed by atoms with van der Waals surface area (Å²) >= 11 is 0. The molecule has 0 heterocycles. The van der Waals surface area contributed by atoms with Crippen molar-refractivity contribution in [3.63, 3.8) is 0 Å². The van der Waals surface area contributed by atoms with E-state index in [0.717, 1.165) is 50.4 Å². The van der Waals surface area contributed by atoms with E-state index in [1.54, 1.807) is 0 Å². The summed E-state index contributed by atoms with van der Waals surface area (Å²) in [6.45, 7) is 14.0. The zero-order valence-corrected chi connectivity index (χ0v) is 17.0. The van der Waals surface area contributed by atoms with Gasteiger partial charge in [0.25, 0.3) is 8.32 Å². The molecular formula is C20H36O2Si. The second kappa shape index (κ2) is 9.46. The highest BCUT2D eigenvalue weighted by molar-refractivity contribution is 6.77. The molecule has 0 fully saturated rings. The maximum atomic E-state index is 11.1. The molecule has 1 rings (SSSR count). The molecule has 0 bridgehead atoms. The van der Waals surface area contributed by atoms with Gasteiger partial charge in [0.15, 0.2) is 0 Å². The number of hydrogen-bond acceptors (Lipinski definition) is 2. The van der Waals surface area contributed by atoms with E-state index < -0.39 is 8.32 Å². The zero-order chi connectivity index (χ0) is 17.5. The molecule has 0 saturated heterocycles. The molecule has 0 aromatic rings. The maximum Gasteiger partial charge on any atom is 0.258 e. The van der Waals surface area contributed by atoms with E-state index in [4.69, 9.17) is 4.43 Å². The number of rotatable bonds is 6. The predicted molar refractivity (Wildman–Crippen MR) is 102 cm³/mol. The first-order valence-electron chi connectivity index (χ1n) is 9.36. The molecule has 0 atom stereocenters. The van der Waals surface area contributed by atoms with Crippen molar-refractivity contribution < 1.29 is 9.22 Å². The van der Waals surface area contributed by atoms with Gasteiger partial charge in [-0.3, -0.25) is 4.79 Å². The van der Waals surface area contributed by atoms with Crippen LogP contribution < -0.4 is 0 Å². The van der Waals surface area contributed by atoms with Crippen molar-refractivity contribution in [2.75, 3.05) is 0 Å². The lowest BCUT2D eigenvalue weighted by molar-refractivity contribution is -0.105. The van der Waals surface area contributed by atoms with Gasteiger partial charge in [0.1, 0.15) is 6.29 Å². The molecule has 0 amide bonds. The number of carbonyl (C=O) groups excluding carboxylic acids is 1. The summed E-state index contributed by atoms with van der Waals surface area (Å²) in [4.78, 5) is 11.1. The average Bonchev–Trinajstić information content (AvgIpc) is 2.49. The normalized spacial score (nSPS) is 22.5. The van der Waals surface area contributed by atoms with E-state index in [-0.39, 0.29) is 0 Å². The Morgan fingerprint density at radius 2 is 1.48 bits per heavy atom. The van der Waals surface area contributed by atoms with Crippen LogP contribution in [0.15, 0.2) is 23.5 Å². The van der Waals surface area contributed by atoms with E-state index in [9.17, 15) is 4.79 Å². The first kappa shape index (κ1) is 20.2. The quantitative estimate of drug-likeness (QED) is 0.406. The number of aldehydes is 1. The van der Waals surface area contributed by atoms with Crippen LogP contribution in [-0.4, -0.2) is 14.6 Å². The van der Waals surface area contributed by atoms with Gasteiger partial charge in [-0.05, 0) is 60.4 Å². The number of hydrogen-bond donors (Lipinski definition) is 0. The molecule has 0 N–H and O–H groups in total. The molecule has 0 aromatic heterocycles. The lowest BCUT2D eigenvalue weighted by Crippen LogP contribution is -2.47. The maximum absolute atomic E-state index is 11.1. The molecule has 3 heteroatoms. The summed E-state index contributed by atoms with van der Waals surface area (Å²) in [6.07, 6.45) is 11.5. The number of allylic oxidation sites excluding steroid dienone is 4. The minimum Gasteiger partial charge on any atom is -0.546 e. The highest BCUT2D eigenvalue weighted by atomic mass is 28.4. The van der Waals surface area contributed by atoms with Crippen molar-refractivity contribution in [1.82, 2.24) is 0 Å². The van der Waals surface area contributed by atoms with Crippen LogP contribution in [0.5, 0.6) is 0 Å². The van der Waals surface area contributed by atoms with Gasteiger partial charge in [0, 0.05) is 6.42 Å². The van der Waals surface area contributed by atoms with E-state index in [0.29, 0.717) is 16.6 Å². The molecule has 1 aliphatic carbocycles. The fourth-order valence-corrected chi connectivity index (χ4v) is 9.47. The highest BCUT2D eigenvalue weighted by Crippen LogP contribution is 2.44. The van der Waals surface area contributed by atoms with Crippen molar-refractivity contribution in [3.05, 3.63) is 23.5 Å². The van der Waals surface area contributed by atoms with Crippen LogP contribution in [0.2, 0.25) is 16.6 Å². The predicted octanol–water partition coefficient (Wildman–Crippen LogP) is 6.54. The second-order valence-corrected chi connectivity index (χ2v) is 13.1. The molecule has 0 radical (unpaired) electrons. The zero-order valence-electron chi connectivity index (χ0n) is 16.0. The lowest BCUT2D eigenvalue weighted by Gasteiger charge is -2.43. The highest BCUT2D eigenvalue weighted by Gasteiger charge is 2.47. The third kappa shape index (κ3) is 5.34. The molecule has 0 unspecified atom stereocenters. The molecular weight excluding hydrogens is 300 g/mol. The van der Waals surface area contributed by atoms with Crippen molar-refractivity contribution in [2.45, 2.75) is 96.7 Å².